The van der Waals surface area contributed by atoms with E-state index in [1.165, 1.54) is 0 Å². The SMILES string of the molecule is C[Si](C)(C)CNc1c(F)cc(F)cc1F. The fraction of sp³-hybridized carbons (Fsp3) is 0.400. The van der Waals surface area contributed by atoms with Gasteiger partial charge in [0.15, 0.2) is 11.6 Å². The Balaban J connectivity index is 2.86. The largest absolute Gasteiger partial charge is 0.383 e. The van der Waals surface area contributed by atoms with Gasteiger partial charge in [-0.15, -0.1) is 0 Å². The molecule has 0 aliphatic heterocycles. The van der Waals surface area contributed by atoms with E-state index in [4.69, 9.17) is 0 Å². The Morgan fingerprint density at radius 1 is 1.07 bits per heavy atom. The second kappa shape index (κ2) is 4.26. The van der Waals surface area contributed by atoms with Crippen LogP contribution in [0.4, 0.5) is 18.9 Å². The maximum Gasteiger partial charge on any atom is 0.152 e. The Bertz CT molecular complexity index is 337. The Morgan fingerprint density at radius 3 is 1.93 bits per heavy atom. The molecule has 0 aliphatic carbocycles. The zero-order valence-corrected chi connectivity index (χ0v) is 10.00. The lowest BCUT2D eigenvalue weighted by Crippen LogP contribution is -2.32. The van der Waals surface area contributed by atoms with Gasteiger partial charge >= 0.3 is 0 Å². The van der Waals surface area contributed by atoms with Crippen LogP contribution in [-0.4, -0.2) is 14.2 Å². The fourth-order valence-electron chi connectivity index (χ4n) is 1.06. The molecule has 1 rings (SSSR count). The van der Waals surface area contributed by atoms with Crippen LogP contribution in [-0.2, 0) is 0 Å². The van der Waals surface area contributed by atoms with Crippen LogP contribution in [0.2, 0.25) is 19.6 Å². The van der Waals surface area contributed by atoms with Crippen molar-refractivity contribution in [1.29, 1.82) is 0 Å². The fourth-order valence-corrected chi connectivity index (χ4v) is 1.77. The molecule has 1 aromatic rings. The molecular weight excluding hydrogens is 219 g/mol. The third-order valence-electron chi connectivity index (χ3n) is 1.80. The van der Waals surface area contributed by atoms with E-state index in [1.54, 1.807) is 0 Å². The molecule has 0 aromatic heterocycles. The molecule has 0 radical (unpaired) electrons. The van der Waals surface area contributed by atoms with Gasteiger partial charge in [0.25, 0.3) is 0 Å². The molecule has 84 valence electrons. The summed E-state index contributed by atoms with van der Waals surface area (Å²) in [7, 11) is -1.44. The number of hydrogen-bond acceptors (Lipinski definition) is 1. The van der Waals surface area contributed by atoms with E-state index >= 15 is 0 Å². The molecule has 1 aromatic carbocycles. The summed E-state index contributed by atoms with van der Waals surface area (Å²) >= 11 is 0. The molecule has 0 atom stereocenters. The minimum Gasteiger partial charge on any atom is -0.383 e. The van der Waals surface area contributed by atoms with E-state index in [0.717, 1.165) is 0 Å². The van der Waals surface area contributed by atoms with Gasteiger partial charge in [0, 0.05) is 18.3 Å². The Morgan fingerprint density at radius 2 is 1.53 bits per heavy atom. The first kappa shape index (κ1) is 12.1. The molecule has 0 aliphatic rings. The molecule has 0 saturated carbocycles. The lowest BCUT2D eigenvalue weighted by atomic mass is 10.3. The molecular formula is C10H14F3NSi. The van der Waals surface area contributed by atoms with Gasteiger partial charge in [-0.1, -0.05) is 19.6 Å². The second-order valence-electron chi connectivity index (χ2n) is 4.66. The van der Waals surface area contributed by atoms with Crippen molar-refractivity contribution in [2.24, 2.45) is 0 Å². The number of hydrogen-bond donors (Lipinski definition) is 1. The van der Waals surface area contributed by atoms with Gasteiger partial charge in [0.2, 0.25) is 0 Å². The Labute approximate surface area is 88.3 Å². The van der Waals surface area contributed by atoms with E-state index in [0.29, 0.717) is 18.3 Å². The van der Waals surface area contributed by atoms with Gasteiger partial charge < -0.3 is 5.32 Å². The van der Waals surface area contributed by atoms with Crippen LogP contribution < -0.4 is 5.32 Å². The molecule has 0 heterocycles. The van der Waals surface area contributed by atoms with E-state index in [-0.39, 0.29) is 5.69 Å². The van der Waals surface area contributed by atoms with Crippen molar-refractivity contribution in [2.75, 3.05) is 11.5 Å². The van der Waals surface area contributed by atoms with Crippen LogP contribution in [0.25, 0.3) is 0 Å². The van der Waals surface area contributed by atoms with Crippen molar-refractivity contribution in [3.05, 3.63) is 29.6 Å². The quantitative estimate of drug-likeness (QED) is 0.789. The summed E-state index contributed by atoms with van der Waals surface area (Å²) < 4.78 is 38.9. The summed E-state index contributed by atoms with van der Waals surface area (Å²) in [4.78, 5) is 0. The average molecular weight is 233 g/mol. The standard InChI is InChI=1S/C10H14F3NSi/c1-15(2,3)6-14-10-8(12)4-7(11)5-9(10)13/h4-5,14H,6H2,1-3H3. The number of benzene rings is 1. The van der Waals surface area contributed by atoms with Gasteiger partial charge in [0.05, 0.1) is 8.07 Å². The molecule has 0 amide bonds. The summed E-state index contributed by atoms with van der Waals surface area (Å²) in [5, 5.41) is 2.69. The number of nitrogens with one attached hydrogen (secondary N) is 1. The van der Waals surface area contributed by atoms with E-state index in [2.05, 4.69) is 25.0 Å². The summed E-state index contributed by atoms with van der Waals surface area (Å²) in [5.74, 6) is -2.67. The molecule has 1 nitrogen and oxygen atoms in total. The highest BCUT2D eigenvalue weighted by Gasteiger charge is 2.16. The summed E-state index contributed by atoms with van der Waals surface area (Å²) in [6.07, 6.45) is 0.548. The van der Waals surface area contributed by atoms with Crippen LogP contribution >= 0.6 is 0 Å². The number of rotatable bonds is 3. The van der Waals surface area contributed by atoms with Crippen LogP contribution in [0.1, 0.15) is 0 Å². The lowest BCUT2D eigenvalue weighted by Gasteiger charge is -2.18. The first-order valence-electron chi connectivity index (χ1n) is 4.68. The normalized spacial score (nSPS) is 11.6. The van der Waals surface area contributed by atoms with Gasteiger partial charge in [0.1, 0.15) is 11.5 Å². The van der Waals surface area contributed by atoms with Crippen molar-refractivity contribution >= 4 is 13.8 Å². The highest BCUT2D eigenvalue weighted by atomic mass is 28.3. The highest BCUT2D eigenvalue weighted by Crippen LogP contribution is 2.20. The van der Waals surface area contributed by atoms with Crippen molar-refractivity contribution in [1.82, 2.24) is 0 Å². The average Bonchev–Trinajstić information content (AvgIpc) is 1.99. The van der Waals surface area contributed by atoms with Crippen LogP contribution in [0.5, 0.6) is 0 Å². The van der Waals surface area contributed by atoms with E-state index in [1.807, 2.05) is 0 Å². The van der Waals surface area contributed by atoms with Crippen LogP contribution in [0.15, 0.2) is 12.1 Å². The zero-order valence-electron chi connectivity index (χ0n) is 9.00. The lowest BCUT2D eigenvalue weighted by molar-refractivity contribution is 0.548. The molecule has 1 N–H and O–H groups in total. The molecule has 0 fully saturated rings. The highest BCUT2D eigenvalue weighted by molar-refractivity contribution is 6.76. The molecule has 0 bridgehead atoms. The molecule has 0 saturated heterocycles. The first-order chi connectivity index (χ1) is 6.79. The minimum absolute atomic E-state index is 0.237. The van der Waals surface area contributed by atoms with Crippen molar-refractivity contribution < 1.29 is 13.2 Å². The van der Waals surface area contributed by atoms with Crippen molar-refractivity contribution in [2.45, 2.75) is 19.6 Å². The van der Waals surface area contributed by atoms with Crippen molar-refractivity contribution in [3.63, 3.8) is 0 Å². The van der Waals surface area contributed by atoms with Crippen LogP contribution in [0, 0.1) is 17.5 Å². The molecule has 5 heteroatoms. The third kappa shape index (κ3) is 3.58. The van der Waals surface area contributed by atoms with Crippen molar-refractivity contribution in [3.8, 4) is 0 Å². The summed E-state index contributed by atoms with van der Waals surface area (Å²) in [5.41, 5.74) is -0.237. The van der Waals surface area contributed by atoms with Gasteiger partial charge in [-0.25, -0.2) is 13.2 Å². The minimum atomic E-state index is -1.44. The second-order valence-corrected chi connectivity index (χ2v) is 10.1. The Kier molecular flexibility index (Phi) is 3.44. The molecule has 0 spiro atoms. The van der Waals surface area contributed by atoms with Gasteiger partial charge in [-0.2, -0.15) is 0 Å². The van der Waals surface area contributed by atoms with E-state index < -0.39 is 25.5 Å². The summed E-state index contributed by atoms with van der Waals surface area (Å²) in [6.45, 7) is 6.21. The maximum absolute atomic E-state index is 13.2. The first-order valence-corrected chi connectivity index (χ1v) is 8.39. The monoisotopic (exact) mass is 233 g/mol. The van der Waals surface area contributed by atoms with Crippen LogP contribution in [0.3, 0.4) is 0 Å². The maximum atomic E-state index is 13.2. The predicted molar refractivity (Wildman–Crippen MR) is 58.2 cm³/mol. The van der Waals surface area contributed by atoms with E-state index in [9.17, 15) is 13.2 Å². The predicted octanol–water partition coefficient (Wildman–Crippen LogP) is 3.39. The Hall–Kier alpha value is -0.973. The third-order valence-corrected chi connectivity index (χ3v) is 3.04. The smallest absolute Gasteiger partial charge is 0.152 e. The topological polar surface area (TPSA) is 12.0 Å². The van der Waals surface area contributed by atoms with Gasteiger partial charge in [-0.3, -0.25) is 0 Å². The molecule has 15 heavy (non-hydrogen) atoms. The zero-order chi connectivity index (χ0) is 11.6. The summed E-state index contributed by atoms with van der Waals surface area (Å²) in [6, 6.07) is 1.35. The van der Waals surface area contributed by atoms with Gasteiger partial charge in [-0.05, 0) is 0 Å². The number of anilines is 1. The number of halogens is 3. The molecule has 0 unspecified atom stereocenters.